The fourth-order valence-electron chi connectivity index (χ4n) is 1.72. The first-order valence-corrected chi connectivity index (χ1v) is 6.28. The predicted octanol–water partition coefficient (Wildman–Crippen LogP) is 3.70. The van der Waals surface area contributed by atoms with Crippen LogP contribution < -0.4 is 0 Å². The quantitative estimate of drug-likeness (QED) is 0.846. The molecule has 1 aromatic carbocycles. The molecule has 16 heavy (non-hydrogen) atoms. The number of halogens is 2. The summed E-state index contributed by atoms with van der Waals surface area (Å²) >= 11 is 9.63. The lowest BCUT2D eigenvalue weighted by Crippen LogP contribution is -1.96. The zero-order valence-corrected chi connectivity index (χ0v) is 10.7. The van der Waals surface area contributed by atoms with Crippen LogP contribution in [0.15, 0.2) is 29.0 Å². The molecule has 3 rings (SSSR count). The molecule has 0 atom stereocenters. The molecule has 1 aliphatic carbocycles. The van der Waals surface area contributed by atoms with Crippen LogP contribution in [-0.2, 0) is 0 Å². The van der Waals surface area contributed by atoms with Crippen LogP contribution in [0.2, 0.25) is 5.02 Å². The Hall–Kier alpha value is -0.870. The summed E-state index contributed by atoms with van der Waals surface area (Å²) in [7, 11) is 0. The lowest BCUT2D eigenvalue weighted by Gasteiger charge is -2.06. The van der Waals surface area contributed by atoms with Crippen molar-refractivity contribution in [1.29, 1.82) is 0 Å². The van der Waals surface area contributed by atoms with E-state index in [4.69, 9.17) is 11.6 Å². The summed E-state index contributed by atoms with van der Waals surface area (Å²) in [5, 5.41) is 8.83. The molecule has 0 radical (unpaired) electrons. The van der Waals surface area contributed by atoms with Crippen LogP contribution in [0, 0.1) is 0 Å². The number of benzene rings is 1. The normalized spacial score (nSPS) is 15.4. The van der Waals surface area contributed by atoms with Crippen molar-refractivity contribution in [2.45, 2.75) is 18.9 Å². The standard InChI is InChI=1S/C11H9BrClN3/c12-7-1-4-10(13)9(5-7)11-15-14-6-16(11)8-2-3-8/h1,4-6,8H,2-3H2. The molecule has 0 spiro atoms. The van der Waals surface area contributed by atoms with E-state index in [1.807, 2.05) is 18.2 Å². The highest BCUT2D eigenvalue weighted by Gasteiger charge is 2.27. The first-order valence-electron chi connectivity index (χ1n) is 5.10. The van der Waals surface area contributed by atoms with Gasteiger partial charge in [-0.25, -0.2) is 0 Å². The van der Waals surface area contributed by atoms with Crippen molar-refractivity contribution in [3.63, 3.8) is 0 Å². The molecule has 1 saturated carbocycles. The Bertz CT molecular complexity index is 534. The first-order chi connectivity index (χ1) is 7.75. The van der Waals surface area contributed by atoms with Crippen molar-refractivity contribution >= 4 is 27.5 Å². The van der Waals surface area contributed by atoms with Crippen LogP contribution in [0.1, 0.15) is 18.9 Å². The van der Waals surface area contributed by atoms with Crippen LogP contribution in [0.5, 0.6) is 0 Å². The third kappa shape index (κ3) is 1.76. The maximum atomic E-state index is 6.18. The number of hydrogen-bond acceptors (Lipinski definition) is 2. The van der Waals surface area contributed by atoms with Gasteiger partial charge in [-0.15, -0.1) is 10.2 Å². The second kappa shape index (κ2) is 3.86. The Morgan fingerprint density at radius 1 is 1.38 bits per heavy atom. The van der Waals surface area contributed by atoms with E-state index in [-0.39, 0.29) is 0 Å². The van der Waals surface area contributed by atoms with E-state index in [9.17, 15) is 0 Å². The average Bonchev–Trinajstić information content (AvgIpc) is 3.01. The molecule has 5 heteroatoms. The molecular formula is C11H9BrClN3. The molecule has 0 N–H and O–H groups in total. The highest BCUT2D eigenvalue weighted by molar-refractivity contribution is 9.10. The van der Waals surface area contributed by atoms with E-state index < -0.39 is 0 Å². The van der Waals surface area contributed by atoms with Gasteiger partial charge in [0.25, 0.3) is 0 Å². The third-order valence-electron chi connectivity index (χ3n) is 2.68. The molecule has 1 fully saturated rings. The van der Waals surface area contributed by atoms with E-state index in [1.165, 1.54) is 12.8 Å². The minimum absolute atomic E-state index is 0.556. The highest BCUT2D eigenvalue weighted by Crippen LogP contribution is 2.39. The summed E-state index contributed by atoms with van der Waals surface area (Å²) in [5.74, 6) is 0.855. The first kappa shape index (κ1) is 10.3. The van der Waals surface area contributed by atoms with Gasteiger partial charge in [-0.1, -0.05) is 27.5 Å². The van der Waals surface area contributed by atoms with E-state index in [0.717, 1.165) is 15.9 Å². The van der Waals surface area contributed by atoms with Gasteiger partial charge in [-0.2, -0.15) is 0 Å². The number of nitrogens with zero attached hydrogens (tertiary/aromatic N) is 3. The van der Waals surface area contributed by atoms with E-state index >= 15 is 0 Å². The predicted molar refractivity (Wildman–Crippen MR) is 66.4 cm³/mol. The lowest BCUT2D eigenvalue weighted by atomic mass is 10.2. The molecule has 1 heterocycles. The number of aromatic nitrogens is 3. The van der Waals surface area contributed by atoms with Crippen LogP contribution in [0.4, 0.5) is 0 Å². The molecule has 2 aromatic rings. The molecule has 82 valence electrons. The monoisotopic (exact) mass is 297 g/mol. The Kier molecular flexibility index (Phi) is 2.48. The largest absolute Gasteiger partial charge is 0.310 e. The topological polar surface area (TPSA) is 30.7 Å². The van der Waals surface area contributed by atoms with Crippen LogP contribution in [0.25, 0.3) is 11.4 Å². The van der Waals surface area contributed by atoms with Gasteiger partial charge in [-0.3, -0.25) is 0 Å². The van der Waals surface area contributed by atoms with Crippen molar-refractivity contribution in [3.05, 3.63) is 34.0 Å². The van der Waals surface area contributed by atoms with Crippen molar-refractivity contribution < 1.29 is 0 Å². The van der Waals surface area contributed by atoms with Crippen LogP contribution in [0.3, 0.4) is 0 Å². The molecule has 1 aliphatic rings. The Morgan fingerprint density at radius 2 is 2.19 bits per heavy atom. The van der Waals surface area contributed by atoms with Gasteiger partial charge in [0.1, 0.15) is 6.33 Å². The third-order valence-corrected chi connectivity index (χ3v) is 3.51. The maximum absolute atomic E-state index is 6.18. The molecule has 0 saturated heterocycles. The molecule has 1 aromatic heterocycles. The maximum Gasteiger partial charge on any atom is 0.165 e. The summed E-state index contributed by atoms with van der Waals surface area (Å²) in [4.78, 5) is 0. The van der Waals surface area contributed by atoms with Gasteiger partial charge < -0.3 is 4.57 Å². The zero-order valence-electron chi connectivity index (χ0n) is 8.40. The smallest absolute Gasteiger partial charge is 0.165 e. The Balaban J connectivity index is 2.13. The van der Waals surface area contributed by atoms with Crippen LogP contribution >= 0.6 is 27.5 Å². The summed E-state index contributed by atoms with van der Waals surface area (Å²) < 4.78 is 3.10. The van der Waals surface area contributed by atoms with E-state index in [2.05, 4.69) is 30.7 Å². The van der Waals surface area contributed by atoms with E-state index in [0.29, 0.717) is 11.1 Å². The van der Waals surface area contributed by atoms with Gasteiger partial charge in [0.05, 0.1) is 5.02 Å². The van der Waals surface area contributed by atoms with Gasteiger partial charge in [0, 0.05) is 16.1 Å². The molecular weight excluding hydrogens is 289 g/mol. The lowest BCUT2D eigenvalue weighted by molar-refractivity contribution is 0.746. The fourth-order valence-corrected chi connectivity index (χ4v) is 2.29. The van der Waals surface area contributed by atoms with Crippen molar-refractivity contribution in [2.75, 3.05) is 0 Å². The molecule has 0 amide bonds. The summed E-state index contributed by atoms with van der Waals surface area (Å²) in [6, 6.07) is 6.32. The molecule has 0 bridgehead atoms. The Morgan fingerprint density at radius 3 is 2.94 bits per heavy atom. The van der Waals surface area contributed by atoms with Crippen molar-refractivity contribution in [1.82, 2.24) is 14.8 Å². The van der Waals surface area contributed by atoms with Gasteiger partial charge in [-0.05, 0) is 31.0 Å². The summed E-state index contributed by atoms with van der Waals surface area (Å²) in [6.07, 6.45) is 4.19. The SMILES string of the molecule is Clc1ccc(Br)cc1-c1nncn1C1CC1. The average molecular weight is 299 g/mol. The molecule has 0 aliphatic heterocycles. The molecule has 3 nitrogen and oxygen atoms in total. The number of rotatable bonds is 2. The molecule has 0 unspecified atom stereocenters. The second-order valence-corrected chi connectivity index (χ2v) is 5.24. The van der Waals surface area contributed by atoms with Gasteiger partial charge >= 0.3 is 0 Å². The number of hydrogen-bond donors (Lipinski definition) is 0. The summed E-state index contributed by atoms with van der Waals surface area (Å²) in [5.41, 5.74) is 0.931. The van der Waals surface area contributed by atoms with Crippen LogP contribution in [-0.4, -0.2) is 14.8 Å². The van der Waals surface area contributed by atoms with Crippen molar-refractivity contribution in [2.24, 2.45) is 0 Å². The fraction of sp³-hybridized carbons (Fsp3) is 0.273. The van der Waals surface area contributed by atoms with Crippen molar-refractivity contribution in [3.8, 4) is 11.4 Å². The highest BCUT2D eigenvalue weighted by atomic mass is 79.9. The van der Waals surface area contributed by atoms with Gasteiger partial charge in [0.15, 0.2) is 5.82 Å². The minimum Gasteiger partial charge on any atom is -0.310 e. The zero-order chi connectivity index (χ0) is 11.1. The minimum atomic E-state index is 0.556. The van der Waals surface area contributed by atoms with E-state index in [1.54, 1.807) is 6.33 Å². The summed E-state index contributed by atoms with van der Waals surface area (Å²) in [6.45, 7) is 0. The second-order valence-electron chi connectivity index (χ2n) is 3.92. The Labute approximate surface area is 107 Å². The van der Waals surface area contributed by atoms with Gasteiger partial charge in [0.2, 0.25) is 0 Å².